The summed E-state index contributed by atoms with van der Waals surface area (Å²) in [6.07, 6.45) is 2.31. The van der Waals surface area contributed by atoms with E-state index >= 15 is 0 Å². The van der Waals surface area contributed by atoms with Gasteiger partial charge in [0.15, 0.2) is 52.6 Å². The number of nitrogen functional groups attached to an aromatic ring is 1. The maximum Gasteiger partial charge on any atom is 0.310 e. The Kier molecular flexibility index (Phi) is 10.9. The number of methoxy groups -OCH3 is 2. The summed E-state index contributed by atoms with van der Waals surface area (Å²) in [6, 6.07) is 7.57. The van der Waals surface area contributed by atoms with E-state index < -0.39 is 66.8 Å². The van der Waals surface area contributed by atoms with Gasteiger partial charge in [0, 0.05) is 30.4 Å². The molecule has 7 N–H and O–H groups in total. The zero-order chi connectivity index (χ0) is 43.7. The number of phenols is 1. The molecule has 20 nitrogen and oxygen atoms in total. The molecular weight excluding hydrogens is 825 g/mol. The highest BCUT2D eigenvalue weighted by molar-refractivity contribution is 5.84. The average molecular weight is 875 g/mol. The normalized spacial score (nSPS) is 32.6. The highest BCUT2D eigenvalue weighted by Crippen LogP contribution is 2.57. The van der Waals surface area contributed by atoms with E-state index in [4.69, 9.17) is 48.4 Å². The fourth-order valence-electron chi connectivity index (χ4n) is 9.53. The molecule has 4 fully saturated rings. The molecule has 63 heavy (non-hydrogen) atoms. The van der Waals surface area contributed by atoms with Crippen molar-refractivity contribution in [3.8, 4) is 28.7 Å². The van der Waals surface area contributed by atoms with Crippen molar-refractivity contribution < 1.29 is 67.9 Å². The number of anilines is 2. The number of aromatic nitrogens is 4. The van der Waals surface area contributed by atoms with Gasteiger partial charge in [-0.15, -0.1) is 0 Å². The summed E-state index contributed by atoms with van der Waals surface area (Å²) < 4.78 is 53.5. The quantitative estimate of drug-likeness (QED) is 0.104. The Morgan fingerprint density at radius 2 is 1.70 bits per heavy atom. The van der Waals surface area contributed by atoms with Crippen LogP contribution < -0.4 is 30.0 Å². The zero-order valence-corrected chi connectivity index (χ0v) is 34.7. The number of nitrogens with one attached hydrogen (secondary N) is 1. The maximum absolute atomic E-state index is 13.4. The van der Waals surface area contributed by atoms with Gasteiger partial charge < -0.3 is 78.7 Å². The van der Waals surface area contributed by atoms with Crippen LogP contribution in [-0.4, -0.2) is 130 Å². The molecule has 6 heterocycles. The molecule has 336 valence electrons. The minimum absolute atomic E-state index is 0.0301. The number of hydrogen-bond donors (Lipinski definition) is 6. The number of carbonyl (C=O) groups is 1. The number of aliphatic hydroxyl groups is 3. The van der Waals surface area contributed by atoms with E-state index in [0.29, 0.717) is 34.2 Å². The molecule has 4 aliphatic heterocycles. The van der Waals surface area contributed by atoms with Crippen molar-refractivity contribution in [2.24, 2.45) is 17.8 Å². The summed E-state index contributed by atoms with van der Waals surface area (Å²) in [4.78, 5) is 26.5. The lowest BCUT2D eigenvalue weighted by atomic mass is 9.66. The molecule has 2 aromatic heterocycles. The standard InChI is InChI=1S/C29H32O13.C14H18N6O/c1-11-36-9-20-27(40-11)24(31)25(32)29(41-20)42-26-14-7-17-16(38-10-39-17)6-13(14)21(22-15(26)8-37-28(22)33)12-4-18(34-2)23(30)19(5-12)35-3;15-14-18-12(17-9-2-3-9)11-13(19-14)20(7-16-11)10-4-1-8(5-10)6-21/h4-7,11,15,20-22,24-27,29-32H,8-10H2,1-3H3;1,4,7-10,21H,2-3,5-6H2,(H3,15,17,18,19)/t11-,15+,20-,21-,22+,24-,25-,26-,27-,29+;8-,10+/m11/s1. The lowest BCUT2D eigenvalue weighted by Crippen LogP contribution is -2.63. The SMILES string of the molecule is COc1cc([C@@H]2c3cc4c(cc3[C@@H](O[C@@H]3O[C@@H]5CO[C@@H](C)O[C@H]5[C@H](O)[C@H]3O)[C@H]3COC(=O)[C@H]23)OCO4)cc(OC)c1O.Nc1nc(NC2CC2)c2ncn([C@H]3C=C[C@@H](CO)C3)c2n1. The molecular formula is C43H50N6O14. The van der Waals surface area contributed by atoms with Crippen LogP contribution in [0.2, 0.25) is 0 Å². The zero-order valence-electron chi connectivity index (χ0n) is 34.7. The number of rotatable bonds is 9. The number of hydrogen-bond acceptors (Lipinski definition) is 19. The molecule has 20 heteroatoms. The predicted molar refractivity (Wildman–Crippen MR) is 218 cm³/mol. The van der Waals surface area contributed by atoms with Crippen LogP contribution in [0.25, 0.3) is 11.2 Å². The van der Waals surface area contributed by atoms with Crippen molar-refractivity contribution >= 4 is 28.9 Å². The van der Waals surface area contributed by atoms with Crippen LogP contribution >= 0.6 is 0 Å². The van der Waals surface area contributed by atoms with Gasteiger partial charge in [-0.1, -0.05) is 12.2 Å². The van der Waals surface area contributed by atoms with Gasteiger partial charge in [-0.05, 0) is 67.1 Å². The third kappa shape index (κ3) is 7.51. The molecule has 12 atom stereocenters. The van der Waals surface area contributed by atoms with E-state index in [-0.39, 0.29) is 61.8 Å². The van der Waals surface area contributed by atoms with E-state index in [1.54, 1.807) is 37.5 Å². The number of fused-ring (bicyclic) bond motifs is 5. The minimum atomic E-state index is -1.44. The van der Waals surface area contributed by atoms with Gasteiger partial charge in [-0.2, -0.15) is 9.97 Å². The van der Waals surface area contributed by atoms with E-state index in [0.717, 1.165) is 36.2 Å². The van der Waals surface area contributed by atoms with Crippen molar-refractivity contribution in [1.29, 1.82) is 0 Å². The summed E-state index contributed by atoms with van der Waals surface area (Å²) in [5.41, 5.74) is 9.36. The molecule has 0 amide bonds. The van der Waals surface area contributed by atoms with E-state index in [1.165, 1.54) is 14.2 Å². The number of cyclic esters (lactones) is 1. The molecule has 0 unspecified atom stereocenters. The molecule has 2 aromatic carbocycles. The molecule has 4 aromatic rings. The van der Waals surface area contributed by atoms with Crippen LogP contribution in [-0.2, 0) is 28.5 Å². The summed E-state index contributed by atoms with van der Waals surface area (Å²) in [5.74, 6) is 0.159. The Morgan fingerprint density at radius 3 is 2.40 bits per heavy atom. The Morgan fingerprint density at radius 1 is 0.952 bits per heavy atom. The third-order valence-corrected chi connectivity index (χ3v) is 12.8. The first-order valence-electron chi connectivity index (χ1n) is 21.1. The number of carbonyl (C=O) groups excluding carboxylic acids is 1. The number of benzene rings is 2. The summed E-state index contributed by atoms with van der Waals surface area (Å²) in [6.45, 7) is 2.10. The number of imidazole rings is 1. The van der Waals surface area contributed by atoms with E-state index in [1.807, 2.05) is 10.6 Å². The second-order valence-corrected chi connectivity index (χ2v) is 16.8. The Hall–Kier alpha value is -5.48. The second-order valence-electron chi connectivity index (χ2n) is 16.8. The number of phenolic OH excluding ortho intramolecular Hbond substituents is 1. The number of aliphatic hydroxyl groups excluding tert-OH is 3. The molecule has 7 aliphatic rings. The topological polar surface area (TPSA) is 263 Å². The second kappa shape index (κ2) is 16.6. The molecule has 3 aliphatic carbocycles. The third-order valence-electron chi connectivity index (χ3n) is 12.8. The summed E-state index contributed by atoms with van der Waals surface area (Å²) in [7, 11) is 2.86. The van der Waals surface area contributed by atoms with Crippen molar-refractivity contribution in [1.82, 2.24) is 19.5 Å². The number of esters is 1. The number of nitrogens with two attached hydrogens (primary N) is 1. The first-order chi connectivity index (χ1) is 30.5. The van der Waals surface area contributed by atoms with Gasteiger partial charge >= 0.3 is 5.97 Å². The molecule has 3 saturated heterocycles. The maximum atomic E-state index is 13.4. The Balaban J connectivity index is 0.000000187. The molecule has 11 rings (SSSR count). The van der Waals surface area contributed by atoms with E-state index in [2.05, 4.69) is 26.3 Å². The molecule has 0 spiro atoms. The van der Waals surface area contributed by atoms with Crippen molar-refractivity contribution in [2.75, 3.05) is 51.9 Å². The highest BCUT2D eigenvalue weighted by atomic mass is 16.8. The number of nitrogens with zero attached hydrogens (tertiary/aromatic N) is 4. The first kappa shape index (κ1) is 41.5. The van der Waals surface area contributed by atoms with E-state index in [9.17, 15) is 25.2 Å². The summed E-state index contributed by atoms with van der Waals surface area (Å²) in [5, 5.41) is 45.1. The van der Waals surface area contributed by atoms with Crippen LogP contribution in [0, 0.1) is 17.8 Å². The van der Waals surface area contributed by atoms with Crippen LogP contribution in [0.15, 0.2) is 42.7 Å². The van der Waals surface area contributed by atoms with Gasteiger partial charge in [0.2, 0.25) is 18.5 Å². The Labute approximate surface area is 360 Å². The van der Waals surface area contributed by atoms with Crippen molar-refractivity contribution in [3.63, 3.8) is 0 Å². The molecule has 1 saturated carbocycles. The monoisotopic (exact) mass is 874 g/mol. The smallest absolute Gasteiger partial charge is 0.310 e. The predicted octanol–water partition coefficient (Wildman–Crippen LogP) is 2.43. The van der Waals surface area contributed by atoms with Gasteiger partial charge in [0.25, 0.3) is 0 Å². The van der Waals surface area contributed by atoms with Gasteiger partial charge in [-0.25, -0.2) is 4.98 Å². The molecule has 0 radical (unpaired) electrons. The lowest BCUT2D eigenvalue weighted by molar-refractivity contribution is -0.364. The van der Waals surface area contributed by atoms with Crippen LogP contribution in [0.5, 0.6) is 28.7 Å². The number of aromatic hydroxyl groups is 1. The van der Waals surface area contributed by atoms with Gasteiger partial charge in [0.05, 0.1) is 51.8 Å². The Bertz CT molecular complexity index is 2380. The average Bonchev–Trinajstić information content (AvgIpc) is 3.64. The first-order valence-corrected chi connectivity index (χ1v) is 21.1. The van der Waals surface area contributed by atoms with Crippen molar-refractivity contribution in [2.45, 2.75) is 87.3 Å². The largest absolute Gasteiger partial charge is 0.502 e. The van der Waals surface area contributed by atoms with Gasteiger partial charge in [-0.3, -0.25) is 4.79 Å². The number of ether oxygens (including phenoxy) is 9. The fraction of sp³-hybridized carbons (Fsp3) is 0.535. The van der Waals surface area contributed by atoms with Gasteiger partial charge in [0.1, 0.15) is 24.4 Å². The van der Waals surface area contributed by atoms with Crippen LogP contribution in [0.3, 0.4) is 0 Å². The molecule has 0 bridgehead atoms. The lowest BCUT2D eigenvalue weighted by Gasteiger charge is -2.47. The van der Waals surface area contributed by atoms with Crippen molar-refractivity contribution in [3.05, 3.63) is 59.4 Å². The highest BCUT2D eigenvalue weighted by Gasteiger charge is 2.56. The van der Waals surface area contributed by atoms with Crippen LogP contribution in [0.1, 0.15) is 60.9 Å². The number of allylic oxidation sites excluding steroid dienone is 1. The van der Waals surface area contributed by atoms with Crippen LogP contribution in [0.4, 0.5) is 11.8 Å². The fourth-order valence-corrected chi connectivity index (χ4v) is 9.53. The minimum Gasteiger partial charge on any atom is -0.502 e. The summed E-state index contributed by atoms with van der Waals surface area (Å²) >= 11 is 0.